The smallest absolute Gasteiger partial charge is 0.349 e. The van der Waals surface area contributed by atoms with Crippen LogP contribution in [0, 0.1) is 10.1 Å². The summed E-state index contributed by atoms with van der Waals surface area (Å²) in [6.07, 6.45) is 1.00. The third kappa shape index (κ3) is 2.74. The fourth-order valence-corrected chi connectivity index (χ4v) is 1.66. The lowest BCUT2D eigenvalue weighted by Gasteiger charge is -2.06. The van der Waals surface area contributed by atoms with Gasteiger partial charge in [0.05, 0.1) is 9.40 Å². The molecule has 0 unspecified atom stereocenters. The molecule has 92 valence electrons. The van der Waals surface area contributed by atoms with Crippen molar-refractivity contribution >= 4 is 33.2 Å². The summed E-state index contributed by atoms with van der Waals surface area (Å²) in [5.41, 5.74) is -0.352. The SMILES string of the molecule is O=[N+]([O-])c1cnc(Cl)nc1Oc1ccccc1Br. The molecular formula is C10H5BrClN3O3. The minimum Gasteiger partial charge on any atom is -0.432 e. The molecule has 0 aliphatic carbocycles. The van der Waals surface area contributed by atoms with Crippen molar-refractivity contribution in [2.24, 2.45) is 0 Å². The summed E-state index contributed by atoms with van der Waals surface area (Å²) in [4.78, 5) is 17.4. The van der Waals surface area contributed by atoms with Gasteiger partial charge in [0.1, 0.15) is 11.9 Å². The fraction of sp³-hybridized carbons (Fsp3) is 0. The number of rotatable bonds is 3. The molecule has 0 saturated carbocycles. The molecule has 0 radical (unpaired) electrons. The lowest BCUT2D eigenvalue weighted by atomic mass is 10.3. The molecule has 0 atom stereocenters. The van der Waals surface area contributed by atoms with E-state index < -0.39 is 4.92 Å². The monoisotopic (exact) mass is 329 g/mol. The van der Waals surface area contributed by atoms with Gasteiger partial charge in [-0.05, 0) is 39.7 Å². The van der Waals surface area contributed by atoms with Crippen molar-refractivity contribution in [3.8, 4) is 11.6 Å². The van der Waals surface area contributed by atoms with E-state index in [-0.39, 0.29) is 16.9 Å². The predicted molar refractivity (Wildman–Crippen MR) is 67.9 cm³/mol. The van der Waals surface area contributed by atoms with Gasteiger partial charge in [-0.2, -0.15) is 4.98 Å². The molecule has 2 rings (SSSR count). The minimum absolute atomic E-state index is 0.123. The Morgan fingerprint density at radius 1 is 1.39 bits per heavy atom. The highest BCUT2D eigenvalue weighted by molar-refractivity contribution is 9.10. The molecule has 1 heterocycles. The molecule has 0 fully saturated rings. The van der Waals surface area contributed by atoms with Crippen LogP contribution < -0.4 is 4.74 Å². The average Bonchev–Trinajstić information content (AvgIpc) is 2.32. The highest BCUT2D eigenvalue weighted by atomic mass is 79.9. The zero-order valence-electron chi connectivity index (χ0n) is 8.71. The first-order valence-electron chi connectivity index (χ1n) is 4.67. The van der Waals surface area contributed by atoms with Gasteiger partial charge in [0.15, 0.2) is 0 Å². The Labute approximate surface area is 115 Å². The largest absolute Gasteiger partial charge is 0.432 e. The zero-order valence-corrected chi connectivity index (χ0v) is 11.1. The van der Waals surface area contributed by atoms with Gasteiger partial charge in [-0.25, -0.2) is 4.98 Å². The van der Waals surface area contributed by atoms with Crippen molar-refractivity contribution in [1.29, 1.82) is 0 Å². The number of para-hydroxylation sites is 1. The van der Waals surface area contributed by atoms with Crippen LogP contribution in [0.4, 0.5) is 5.69 Å². The first-order chi connectivity index (χ1) is 8.58. The van der Waals surface area contributed by atoms with Crippen LogP contribution >= 0.6 is 27.5 Å². The molecule has 0 N–H and O–H groups in total. The number of nitrogens with zero attached hydrogens (tertiary/aromatic N) is 3. The summed E-state index contributed by atoms with van der Waals surface area (Å²) in [6, 6.07) is 6.90. The van der Waals surface area contributed by atoms with Crippen LogP contribution in [0.2, 0.25) is 5.28 Å². The van der Waals surface area contributed by atoms with Crippen LogP contribution in [-0.2, 0) is 0 Å². The van der Waals surface area contributed by atoms with Gasteiger partial charge in [0.25, 0.3) is 0 Å². The Bertz CT molecular complexity index is 609. The van der Waals surface area contributed by atoms with E-state index in [0.29, 0.717) is 10.2 Å². The third-order valence-electron chi connectivity index (χ3n) is 1.95. The number of hydrogen-bond acceptors (Lipinski definition) is 5. The topological polar surface area (TPSA) is 78.2 Å². The number of ether oxygens (including phenoxy) is 1. The highest BCUT2D eigenvalue weighted by Gasteiger charge is 2.19. The normalized spacial score (nSPS) is 10.1. The maximum absolute atomic E-state index is 10.8. The maximum Gasteiger partial charge on any atom is 0.349 e. The molecule has 0 aliphatic heterocycles. The van der Waals surface area contributed by atoms with E-state index in [1.807, 2.05) is 0 Å². The van der Waals surface area contributed by atoms with Crippen molar-refractivity contribution in [2.75, 3.05) is 0 Å². The molecule has 0 spiro atoms. The molecular weight excluding hydrogens is 325 g/mol. The van der Waals surface area contributed by atoms with E-state index in [1.54, 1.807) is 24.3 Å². The lowest BCUT2D eigenvalue weighted by molar-refractivity contribution is -0.386. The Balaban J connectivity index is 2.42. The molecule has 2 aromatic rings. The van der Waals surface area contributed by atoms with Crippen molar-refractivity contribution in [1.82, 2.24) is 9.97 Å². The number of nitro groups is 1. The second-order valence-electron chi connectivity index (χ2n) is 3.12. The Kier molecular flexibility index (Phi) is 3.73. The lowest BCUT2D eigenvalue weighted by Crippen LogP contribution is -1.98. The highest BCUT2D eigenvalue weighted by Crippen LogP contribution is 2.33. The second kappa shape index (κ2) is 5.28. The van der Waals surface area contributed by atoms with Crippen molar-refractivity contribution in [3.63, 3.8) is 0 Å². The summed E-state index contributed by atoms with van der Waals surface area (Å²) >= 11 is 8.85. The quantitative estimate of drug-likeness (QED) is 0.488. The zero-order chi connectivity index (χ0) is 13.1. The minimum atomic E-state index is -0.636. The van der Waals surface area contributed by atoms with Crippen molar-refractivity contribution in [2.45, 2.75) is 0 Å². The summed E-state index contributed by atoms with van der Waals surface area (Å²) in [5.74, 6) is 0.197. The Morgan fingerprint density at radius 2 is 2.11 bits per heavy atom. The van der Waals surface area contributed by atoms with Gasteiger partial charge < -0.3 is 4.74 Å². The van der Waals surface area contributed by atoms with E-state index >= 15 is 0 Å². The van der Waals surface area contributed by atoms with Gasteiger partial charge in [0, 0.05) is 0 Å². The van der Waals surface area contributed by atoms with E-state index in [9.17, 15) is 10.1 Å². The first-order valence-corrected chi connectivity index (χ1v) is 5.84. The van der Waals surface area contributed by atoms with Gasteiger partial charge in [0.2, 0.25) is 5.28 Å². The van der Waals surface area contributed by atoms with E-state index in [1.165, 1.54) is 0 Å². The Hall–Kier alpha value is -1.73. The third-order valence-corrected chi connectivity index (χ3v) is 2.78. The van der Waals surface area contributed by atoms with Gasteiger partial charge in [-0.1, -0.05) is 12.1 Å². The number of hydrogen-bond donors (Lipinski definition) is 0. The molecule has 8 heteroatoms. The molecule has 0 aliphatic rings. The van der Waals surface area contributed by atoms with Crippen LogP contribution in [0.15, 0.2) is 34.9 Å². The van der Waals surface area contributed by atoms with Crippen LogP contribution in [-0.4, -0.2) is 14.9 Å². The summed E-state index contributed by atoms with van der Waals surface area (Å²) < 4.78 is 6.01. The molecule has 0 amide bonds. The maximum atomic E-state index is 10.8. The van der Waals surface area contributed by atoms with E-state index in [2.05, 4.69) is 25.9 Å². The first kappa shape index (κ1) is 12.7. The van der Waals surface area contributed by atoms with Crippen LogP contribution in [0.25, 0.3) is 0 Å². The molecule has 0 saturated heterocycles. The summed E-state index contributed by atoms with van der Waals surface area (Å²) in [7, 11) is 0. The number of halogens is 2. The van der Waals surface area contributed by atoms with Crippen LogP contribution in [0.5, 0.6) is 11.6 Å². The molecule has 1 aromatic heterocycles. The standard InChI is InChI=1S/C10H5BrClN3O3/c11-6-3-1-2-4-8(6)18-9-7(15(16)17)5-13-10(12)14-9/h1-5H. The average molecular weight is 331 g/mol. The molecule has 1 aromatic carbocycles. The van der Waals surface area contributed by atoms with Crippen LogP contribution in [0.1, 0.15) is 0 Å². The number of benzene rings is 1. The van der Waals surface area contributed by atoms with Crippen molar-refractivity contribution < 1.29 is 9.66 Å². The van der Waals surface area contributed by atoms with Gasteiger partial charge in [-0.15, -0.1) is 0 Å². The van der Waals surface area contributed by atoms with Gasteiger partial charge in [-0.3, -0.25) is 10.1 Å². The van der Waals surface area contributed by atoms with E-state index in [0.717, 1.165) is 6.20 Å². The molecule has 6 nitrogen and oxygen atoms in total. The van der Waals surface area contributed by atoms with Crippen molar-refractivity contribution in [3.05, 3.63) is 50.3 Å². The summed E-state index contributed by atoms with van der Waals surface area (Å²) in [6.45, 7) is 0. The van der Waals surface area contributed by atoms with Gasteiger partial charge >= 0.3 is 11.6 Å². The molecule has 18 heavy (non-hydrogen) atoms. The Morgan fingerprint density at radius 3 is 2.78 bits per heavy atom. The summed E-state index contributed by atoms with van der Waals surface area (Å²) in [5, 5.41) is 10.7. The van der Waals surface area contributed by atoms with Crippen LogP contribution in [0.3, 0.4) is 0 Å². The second-order valence-corrected chi connectivity index (χ2v) is 4.31. The predicted octanol–water partition coefficient (Wildman–Crippen LogP) is 3.59. The molecule has 0 bridgehead atoms. The van der Waals surface area contributed by atoms with E-state index in [4.69, 9.17) is 16.3 Å². The fourth-order valence-electron chi connectivity index (χ4n) is 1.17. The number of aromatic nitrogens is 2.